The summed E-state index contributed by atoms with van der Waals surface area (Å²) in [6.07, 6.45) is 0. The van der Waals surface area contributed by atoms with Crippen LogP contribution in [0.2, 0.25) is 0 Å². The molecule has 2 aromatic rings. The Hall–Kier alpha value is -2.22. The lowest BCUT2D eigenvalue weighted by atomic mass is 10.1. The molecule has 1 aliphatic heterocycles. The van der Waals surface area contributed by atoms with E-state index < -0.39 is 10.0 Å². The van der Waals surface area contributed by atoms with E-state index in [2.05, 4.69) is 10.2 Å². The Kier molecular flexibility index (Phi) is 6.17. The third-order valence-corrected chi connectivity index (χ3v) is 6.98. The number of piperazine rings is 1. The number of likely N-dealkylation sites (N-methyl/N-ethyl adjacent to an activating group) is 1. The molecule has 0 radical (unpaired) electrons. The average molecular weight is 402 g/mol. The van der Waals surface area contributed by atoms with Crippen LogP contribution in [-0.4, -0.2) is 56.8 Å². The first kappa shape index (κ1) is 20.5. The average Bonchev–Trinajstić information content (AvgIpc) is 2.67. The van der Waals surface area contributed by atoms with Crippen molar-refractivity contribution in [2.45, 2.75) is 25.3 Å². The number of carbonyl (C=O) groups excluding carboxylic acids is 1. The van der Waals surface area contributed by atoms with Crippen LogP contribution in [-0.2, 0) is 16.6 Å². The highest BCUT2D eigenvalue weighted by Crippen LogP contribution is 2.21. The Morgan fingerprint density at radius 1 is 1.04 bits per heavy atom. The van der Waals surface area contributed by atoms with Crippen molar-refractivity contribution >= 4 is 15.9 Å². The van der Waals surface area contributed by atoms with Gasteiger partial charge in [-0.05, 0) is 44.2 Å². The summed E-state index contributed by atoms with van der Waals surface area (Å²) in [5, 5.41) is 2.89. The third-order valence-electron chi connectivity index (χ3n) is 5.09. The molecule has 0 atom stereocenters. The quantitative estimate of drug-likeness (QED) is 0.834. The number of nitrogens with one attached hydrogen (secondary N) is 1. The number of rotatable bonds is 5. The van der Waals surface area contributed by atoms with Crippen molar-refractivity contribution < 1.29 is 13.2 Å². The van der Waals surface area contributed by atoms with Crippen molar-refractivity contribution in [3.8, 4) is 0 Å². The number of nitrogens with zero attached hydrogens (tertiary/aromatic N) is 2. The van der Waals surface area contributed by atoms with Crippen molar-refractivity contribution in [3.05, 3.63) is 64.7 Å². The topological polar surface area (TPSA) is 69.7 Å². The van der Waals surface area contributed by atoms with Gasteiger partial charge in [0, 0.05) is 38.3 Å². The Morgan fingerprint density at radius 2 is 1.75 bits per heavy atom. The van der Waals surface area contributed by atoms with Crippen LogP contribution in [0.25, 0.3) is 0 Å². The second kappa shape index (κ2) is 8.43. The van der Waals surface area contributed by atoms with Crippen molar-refractivity contribution in [3.63, 3.8) is 0 Å². The SMILES string of the molecule is Cc1cccc(CNC(=O)c2cc(S(=O)(=O)N3CCN(C)CC3)ccc2C)c1. The zero-order chi connectivity index (χ0) is 20.3. The monoisotopic (exact) mass is 401 g/mol. The van der Waals surface area contributed by atoms with Crippen LogP contribution in [0.3, 0.4) is 0 Å². The Morgan fingerprint density at radius 3 is 2.43 bits per heavy atom. The maximum atomic E-state index is 13.0. The lowest BCUT2D eigenvalue weighted by molar-refractivity contribution is 0.0950. The van der Waals surface area contributed by atoms with E-state index in [4.69, 9.17) is 0 Å². The minimum Gasteiger partial charge on any atom is -0.348 e. The van der Waals surface area contributed by atoms with Crippen molar-refractivity contribution in [1.29, 1.82) is 0 Å². The van der Waals surface area contributed by atoms with E-state index in [9.17, 15) is 13.2 Å². The van der Waals surface area contributed by atoms with E-state index in [0.29, 0.717) is 38.3 Å². The maximum absolute atomic E-state index is 13.0. The molecule has 1 amide bonds. The summed E-state index contributed by atoms with van der Waals surface area (Å²) in [4.78, 5) is 15.0. The summed E-state index contributed by atoms with van der Waals surface area (Å²) in [5.74, 6) is -0.269. The first-order valence-electron chi connectivity index (χ1n) is 9.40. The standard InChI is InChI=1S/C21H27N3O3S/c1-16-5-4-6-18(13-16)15-22-21(25)20-14-19(8-7-17(20)2)28(26,27)24-11-9-23(3)10-12-24/h4-8,13-14H,9-12,15H2,1-3H3,(H,22,25). The molecule has 1 N–H and O–H groups in total. The molecule has 0 aliphatic carbocycles. The van der Waals surface area contributed by atoms with Crippen LogP contribution in [0.1, 0.15) is 27.0 Å². The molecule has 1 heterocycles. The first-order valence-corrected chi connectivity index (χ1v) is 10.8. The number of hydrogen-bond donors (Lipinski definition) is 1. The number of aryl methyl sites for hydroxylation is 2. The fourth-order valence-electron chi connectivity index (χ4n) is 3.28. The molecule has 0 saturated carbocycles. The number of hydrogen-bond acceptors (Lipinski definition) is 4. The van der Waals surface area contributed by atoms with Gasteiger partial charge in [-0.25, -0.2) is 8.42 Å². The van der Waals surface area contributed by atoms with Gasteiger partial charge in [0.2, 0.25) is 10.0 Å². The molecule has 0 unspecified atom stereocenters. The van der Waals surface area contributed by atoms with Crippen LogP contribution in [0, 0.1) is 13.8 Å². The van der Waals surface area contributed by atoms with E-state index in [1.54, 1.807) is 12.1 Å². The lowest BCUT2D eigenvalue weighted by Crippen LogP contribution is -2.47. The van der Waals surface area contributed by atoms with Gasteiger partial charge >= 0.3 is 0 Å². The molecule has 2 aromatic carbocycles. The number of sulfonamides is 1. The molecule has 150 valence electrons. The van der Waals surface area contributed by atoms with Crippen molar-refractivity contribution in [2.24, 2.45) is 0 Å². The summed E-state index contributed by atoms with van der Waals surface area (Å²) in [7, 11) is -1.63. The van der Waals surface area contributed by atoms with Gasteiger partial charge in [0.25, 0.3) is 5.91 Å². The van der Waals surface area contributed by atoms with Crippen molar-refractivity contribution in [2.75, 3.05) is 33.2 Å². The molecule has 0 spiro atoms. The number of benzene rings is 2. The van der Waals surface area contributed by atoms with Gasteiger partial charge in [-0.3, -0.25) is 4.79 Å². The molecule has 0 bridgehead atoms. The van der Waals surface area contributed by atoms with Crippen molar-refractivity contribution in [1.82, 2.24) is 14.5 Å². The van der Waals surface area contributed by atoms with Gasteiger partial charge in [-0.2, -0.15) is 4.31 Å². The molecule has 7 heteroatoms. The highest BCUT2D eigenvalue weighted by Gasteiger charge is 2.28. The lowest BCUT2D eigenvalue weighted by Gasteiger charge is -2.31. The molecule has 1 fully saturated rings. The molecule has 3 rings (SSSR count). The minimum atomic E-state index is -3.60. The van der Waals surface area contributed by atoms with E-state index in [0.717, 1.165) is 16.7 Å². The fourth-order valence-corrected chi connectivity index (χ4v) is 4.73. The van der Waals surface area contributed by atoms with E-state index >= 15 is 0 Å². The first-order chi connectivity index (χ1) is 13.3. The third kappa shape index (κ3) is 4.60. The summed E-state index contributed by atoms with van der Waals surface area (Å²) < 4.78 is 27.4. The summed E-state index contributed by atoms with van der Waals surface area (Å²) in [6, 6.07) is 12.7. The van der Waals surface area contributed by atoms with Gasteiger partial charge < -0.3 is 10.2 Å². The molecular weight excluding hydrogens is 374 g/mol. The van der Waals surface area contributed by atoms with Gasteiger partial charge in [0.1, 0.15) is 0 Å². The Balaban J connectivity index is 1.78. The summed E-state index contributed by atoms with van der Waals surface area (Å²) in [6.45, 7) is 6.54. The second-order valence-corrected chi connectivity index (χ2v) is 9.29. The molecule has 1 saturated heterocycles. The van der Waals surface area contributed by atoms with E-state index in [1.165, 1.54) is 10.4 Å². The zero-order valence-electron chi connectivity index (χ0n) is 16.6. The van der Waals surface area contributed by atoms with Crippen LogP contribution in [0.15, 0.2) is 47.4 Å². The normalized spacial score (nSPS) is 16.1. The smallest absolute Gasteiger partial charge is 0.251 e. The maximum Gasteiger partial charge on any atom is 0.251 e. The zero-order valence-corrected chi connectivity index (χ0v) is 17.4. The van der Waals surface area contributed by atoms with Crippen LogP contribution >= 0.6 is 0 Å². The molecular formula is C21H27N3O3S. The highest BCUT2D eigenvalue weighted by molar-refractivity contribution is 7.89. The second-order valence-electron chi connectivity index (χ2n) is 7.36. The predicted molar refractivity (Wildman–Crippen MR) is 110 cm³/mol. The largest absolute Gasteiger partial charge is 0.348 e. The highest BCUT2D eigenvalue weighted by atomic mass is 32.2. The minimum absolute atomic E-state index is 0.170. The number of amides is 1. The Labute approximate surface area is 167 Å². The molecule has 1 aliphatic rings. The fraction of sp³-hybridized carbons (Fsp3) is 0.381. The van der Waals surface area contributed by atoms with E-state index in [-0.39, 0.29) is 10.8 Å². The van der Waals surface area contributed by atoms with Crippen LogP contribution in [0.4, 0.5) is 0 Å². The van der Waals surface area contributed by atoms with Gasteiger partial charge in [-0.1, -0.05) is 35.9 Å². The Bertz CT molecular complexity index is 965. The summed E-state index contributed by atoms with van der Waals surface area (Å²) >= 11 is 0. The van der Waals surface area contributed by atoms with E-state index in [1.807, 2.05) is 45.2 Å². The van der Waals surface area contributed by atoms with Crippen LogP contribution < -0.4 is 5.32 Å². The predicted octanol–water partition coefficient (Wildman–Crippen LogP) is 2.17. The van der Waals surface area contributed by atoms with Gasteiger partial charge in [-0.15, -0.1) is 0 Å². The van der Waals surface area contributed by atoms with Crippen LogP contribution in [0.5, 0.6) is 0 Å². The van der Waals surface area contributed by atoms with Gasteiger partial charge in [0.15, 0.2) is 0 Å². The number of carbonyl (C=O) groups is 1. The molecule has 28 heavy (non-hydrogen) atoms. The molecule has 6 nitrogen and oxygen atoms in total. The molecule has 0 aromatic heterocycles. The van der Waals surface area contributed by atoms with Gasteiger partial charge in [0.05, 0.1) is 4.90 Å². The summed E-state index contributed by atoms with van der Waals surface area (Å²) in [5.41, 5.74) is 3.28.